The lowest BCUT2D eigenvalue weighted by molar-refractivity contribution is 0.0663. The molecule has 0 bridgehead atoms. The van der Waals surface area contributed by atoms with Crippen molar-refractivity contribution in [1.82, 2.24) is 0 Å². The normalized spacial score (nSPS) is 16.9. The topological polar surface area (TPSA) is 62.5 Å². The lowest BCUT2D eigenvalue weighted by atomic mass is 9.87. The summed E-state index contributed by atoms with van der Waals surface area (Å²) in [6.07, 6.45) is 7.90. The Morgan fingerprint density at radius 1 is 1.35 bits per heavy atom. The molecule has 0 spiro atoms. The third-order valence-corrected chi connectivity index (χ3v) is 3.39. The summed E-state index contributed by atoms with van der Waals surface area (Å²) in [5.74, 6) is 0.346. The van der Waals surface area contributed by atoms with Gasteiger partial charge in [-0.2, -0.15) is 0 Å². The van der Waals surface area contributed by atoms with E-state index < -0.39 is 5.97 Å². The number of carboxylic acids is 1. The zero-order valence-electron chi connectivity index (χ0n) is 9.95. The summed E-state index contributed by atoms with van der Waals surface area (Å²) in [4.78, 5) is 10.6. The molecule has 1 aliphatic rings. The molecule has 0 atom stereocenters. The molecule has 0 radical (unpaired) electrons. The molecular formula is C13H19NO3. The van der Waals surface area contributed by atoms with Gasteiger partial charge in [-0.1, -0.05) is 32.1 Å². The third kappa shape index (κ3) is 3.51. The van der Waals surface area contributed by atoms with E-state index in [1.807, 2.05) is 0 Å². The summed E-state index contributed by atoms with van der Waals surface area (Å²) in [5, 5.41) is 11.8. The van der Waals surface area contributed by atoms with Crippen LogP contribution in [0.25, 0.3) is 0 Å². The van der Waals surface area contributed by atoms with Gasteiger partial charge in [-0.25, -0.2) is 4.79 Å². The molecule has 1 aliphatic carbocycles. The molecule has 1 heterocycles. The van der Waals surface area contributed by atoms with Crippen molar-refractivity contribution in [2.45, 2.75) is 38.5 Å². The van der Waals surface area contributed by atoms with Crippen molar-refractivity contribution >= 4 is 11.9 Å². The van der Waals surface area contributed by atoms with Gasteiger partial charge in [0.2, 0.25) is 5.76 Å². The molecule has 1 fully saturated rings. The first-order chi connectivity index (χ1) is 8.25. The highest BCUT2D eigenvalue weighted by Crippen LogP contribution is 2.26. The molecule has 4 heteroatoms. The highest BCUT2D eigenvalue weighted by atomic mass is 16.4. The Balaban J connectivity index is 1.71. The molecule has 0 aliphatic heterocycles. The van der Waals surface area contributed by atoms with Crippen LogP contribution in [0.4, 0.5) is 5.88 Å². The van der Waals surface area contributed by atoms with E-state index in [1.165, 1.54) is 38.2 Å². The van der Waals surface area contributed by atoms with Crippen LogP contribution in [-0.4, -0.2) is 17.6 Å². The number of hydrogen-bond donors (Lipinski definition) is 2. The Morgan fingerprint density at radius 2 is 2.12 bits per heavy atom. The van der Waals surface area contributed by atoms with Gasteiger partial charge in [0.05, 0.1) is 0 Å². The van der Waals surface area contributed by atoms with Crippen molar-refractivity contribution in [3.05, 3.63) is 17.9 Å². The number of furan rings is 1. The third-order valence-electron chi connectivity index (χ3n) is 3.39. The number of carboxylic acid groups (broad SMARTS) is 1. The molecule has 94 valence electrons. The van der Waals surface area contributed by atoms with Gasteiger partial charge in [-0.15, -0.1) is 0 Å². The fourth-order valence-corrected chi connectivity index (χ4v) is 2.42. The number of hydrogen-bond acceptors (Lipinski definition) is 3. The minimum atomic E-state index is -1.02. The Bertz CT molecular complexity index is 366. The monoisotopic (exact) mass is 237 g/mol. The Labute approximate surface area is 101 Å². The zero-order chi connectivity index (χ0) is 12.1. The van der Waals surface area contributed by atoms with E-state index in [4.69, 9.17) is 9.52 Å². The van der Waals surface area contributed by atoms with Crippen LogP contribution in [0.5, 0.6) is 0 Å². The van der Waals surface area contributed by atoms with E-state index >= 15 is 0 Å². The molecule has 1 aromatic rings. The van der Waals surface area contributed by atoms with Crippen LogP contribution >= 0.6 is 0 Å². The first-order valence-electron chi connectivity index (χ1n) is 6.32. The van der Waals surface area contributed by atoms with Gasteiger partial charge in [-0.05, 0) is 18.4 Å². The first-order valence-corrected chi connectivity index (χ1v) is 6.32. The van der Waals surface area contributed by atoms with E-state index in [9.17, 15) is 4.79 Å². The summed E-state index contributed by atoms with van der Waals surface area (Å²) in [7, 11) is 0. The Morgan fingerprint density at radius 3 is 2.76 bits per heavy atom. The van der Waals surface area contributed by atoms with Gasteiger partial charge in [0, 0.05) is 12.6 Å². The fraction of sp³-hybridized carbons (Fsp3) is 0.615. The second-order valence-electron chi connectivity index (χ2n) is 4.69. The van der Waals surface area contributed by atoms with E-state index in [1.54, 1.807) is 6.07 Å². The van der Waals surface area contributed by atoms with Gasteiger partial charge in [0.25, 0.3) is 0 Å². The lowest BCUT2D eigenvalue weighted by Crippen LogP contribution is -2.11. The summed E-state index contributed by atoms with van der Waals surface area (Å²) in [6.45, 7) is 0.858. The standard InChI is InChI=1S/C13H19NO3/c15-13(16)11-6-7-12(17-11)14-9-8-10-4-2-1-3-5-10/h6-7,10,14H,1-5,8-9H2,(H,15,16). The van der Waals surface area contributed by atoms with Crippen LogP contribution in [0.2, 0.25) is 0 Å². The number of anilines is 1. The first kappa shape index (κ1) is 12.0. The fourth-order valence-electron chi connectivity index (χ4n) is 2.42. The largest absolute Gasteiger partial charge is 0.475 e. The maximum absolute atomic E-state index is 10.6. The summed E-state index contributed by atoms with van der Waals surface area (Å²) < 4.78 is 5.12. The van der Waals surface area contributed by atoms with Crippen molar-refractivity contribution < 1.29 is 14.3 Å². The quantitative estimate of drug-likeness (QED) is 0.824. The molecular weight excluding hydrogens is 218 g/mol. The highest BCUT2D eigenvalue weighted by molar-refractivity contribution is 5.84. The molecule has 1 aromatic heterocycles. The highest BCUT2D eigenvalue weighted by Gasteiger charge is 2.13. The van der Waals surface area contributed by atoms with Crippen molar-refractivity contribution in [1.29, 1.82) is 0 Å². The zero-order valence-corrected chi connectivity index (χ0v) is 9.95. The van der Waals surface area contributed by atoms with Gasteiger partial charge in [0.15, 0.2) is 5.88 Å². The molecule has 1 saturated carbocycles. The lowest BCUT2D eigenvalue weighted by Gasteiger charge is -2.21. The SMILES string of the molecule is O=C(O)c1ccc(NCCC2CCCCC2)o1. The molecule has 2 N–H and O–H groups in total. The maximum atomic E-state index is 10.6. The van der Waals surface area contributed by atoms with Crippen molar-refractivity contribution in [2.24, 2.45) is 5.92 Å². The van der Waals surface area contributed by atoms with Crippen molar-refractivity contribution in [3.8, 4) is 0 Å². The number of nitrogens with one attached hydrogen (secondary N) is 1. The van der Waals surface area contributed by atoms with E-state index in [0.717, 1.165) is 18.9 Å². The average molecular weight is 237 g/mol. The predicted molar refractivity (Wildman–Crippen MR) is 65.3 cm³/mol. The predicted octanol–water partition coefficient (Wildman–Crippen LogP) is 3.36. The maximum Gasteiger partial charge on any atom is 0.371 e. The van der Waals surface area contributed by atoms with Crippen LogP contribution in [0.15, 0.2) is 16.5 Å². The van der Waals surface area contributed by atoms with Crippen molar-refractivity contribution in [2.75, 3.05) is 11.9 Å². The summed E-state index contributed by atoms with van der Waals surface area (Å²) in [6, 6.07) is 3.15. The van der Waals surface area contributed by atoms with Crippen LogP contribution in [0.3, 0.4) is 0 Å². The smallest absolute Gasteiger partial charge is 0.371 e. The molecule has 2 rings (SSSR count). The molecule has 0 saturated heterocycles. The molecule has 17 heavy (non-hydrogen) atoms. The average Bonchev–Trinajstić information content (AvgIpc) is 2.79. The second kappa shape index (κ2) is 5.75. The molecule has 0 unspecified atom stereocenters. The molecule has 4 nitrogen and oxygen atoms in total. The van der Waals surface area contributed by atoms with Gasteiger partial charge in [-0.3, -0.25) is 0 Å². The van der Waals surface area contributed by atoms with Crippen LogP contribution in [0.1, 0.15) is 49.1 Å². The Kier molecular flexibility index (Phi) is 4.07. The van der Waals surface area contributed by atoms with Gasteiger partial charge in [0.1, 0.15) is 0 Å². The van der Waals surface area contributed by atoms with E-state index in [0.29, 0.717) is 5.88 Å². The summed E-state index contributed by atoms with van der Waals surface area (Å²) in [5.41, 5.74) is 0. The van der Waals surface area contributed by atoms with Crippen LogP contribution in [0, 0.1) is 5.92 Å². The number of aromatic carboxylic acids is 1. The Hall–Kier alpha value is -1.45. The summed E-state index contributed by atoms with van der Waals surface area (Å²) >= 11 is 0. The number of rotatable bonds is 5. The van der Waals surface area contributed by atoms with Crippen molar-refractivity contribution in [3.63, 3.8) is 0 Å². The van der Waals surface area contributed by atoms with Gasteiger partial charge >= 0.3 is 5.97 Å². The van der Waals surface area contributed by atoms with Crippen LogP contribution < -0.4 is 5.32 Å². The minimum absolute atomic E-state index is 0.00911. The van der Waals surface area contributed by atoms with Crippen LogP contribution in [-0.2, 0) is 0 Å². The van der Waals surface area contributed by atoms with E-state index in [-0.39, 0.29) is 5.76 Å². The number of carbonyl (C=O) groups is 1. The minimum Gasteiger partial charge on any atom is -0.475 e. The molecule has 0 aromatic carbocycles. The second-order valence-corrected chi connectivity index (χ2v) is 4.69. The van der Waals surface area contributed by atoms with Gasteiger partial charge < -0.3 is 14.8 Å². The van der Waals surface area contributed by atoms with E-state index in [2.05, 4.69) is 5.32 Å². The molecule has 0 amide bonds.